The Bertz CT molecular complexity index is 363. The molecule has 1 rings (SSSR count). The summed E-state index contributed by atoms with van der Waals surface area (Å²) in [4.78, 5) is 14.5. The van der Waals surface area contributed by atoms with Crippen LogP contribution in [-0.4, -0.2) is 35.3 Å². The smallest absolute Gasteiger partial charge is 0.187 e. The zero-order valence-corrected chi connectivity index (χ0v) is 11.3. The zero-order valence-electron chi connectivity index (χ0n) is 8.12. The Balaban J connectivity index is 3.04. The van der Waals surface area contributed by atoms with Gasteiger partial charge in [0.1, 0.15) is 4.60 Å². The average molecular weight is 322 g/mol. The van der Waals surface area contributed by atoms with Crippen LogP contribution in [0.4, 0.5) is 5.82 Å². The SMILES string of the molecule is Cc1nc(N=CN(C)C)c(Br)nc1Br. The summed E-state index contributed by atoms with van der Waals surface area (Å²) in [6.07, 6.45) is 1.68. The third-order valence-electron chi connectivity index (χ3n) is 1.36. The summed E-state index contributed by atoms with van der Waals surface area (Å²) < 4.78 is 1.36. The number of aliphatic imine (C=N–C) groups is 1. The fraction of sp³-hybridized carbons (Fsp3) is 0.375. The van der Waals surface area contributed by atoms with Gasteiger partial charge in [-0.15, -0.1) is 0 Å². The van der Waals surface area contributed by atoms with Crippen LogP contribution in [0.1, 0.15) is 5.69 Å². The molecule has 1 heterocycles. The molecule has 4 nitrogen and oxygen atoms in total. The molecule has 6 heteroatoms. The van der Waals surface area contributed by atoms with Crippen LogP contribution in [0.25, 0.3) is 0 Å². The van der Waals surface area contributed by atoms with E-state index >= 15 is 0 Å². The molecule has 0 radical (unpaired) electrons. The highest BCUT2D eigenvalue weighted by molar-refractivity contribution is 9.11. The highest BCUT2D eigenvalue weighted by Gasteiger charge is 2.05. The van der Waals surface area contributed by atoms with Gasteiger partial charge in [0.15, 0.2) is 10.4 Å². The van der Waals surface area contributed by atoms with Crippen molar-refractivity contribution >= 4 is 44.0 Å². The Labute approximate surface area is 99.7 Å². The molecule has 1 aromatic rings. The molecule has 0 unspecified atom stereocenters. The van der Waals surface area contributed by atoms with Crippen molar-refractivity contribution in [2.45, 2.75) is 6.92 Å². The minimum absolute atomic E-state index is 0.583. The Morgan fingerprint density at radius 3 is 2.43 bits per heavy atom. The van der Waals surface area contributed by atoms with E-state index in [1.54, 1.807) is 6.34 Å². The quantitative estimate of drug-likeness (QED) is 0.621. The second kappa shape index (κ2) is 4.84. The van der Waals surface area contributed by atoms with Crippen molar-refractivity contribution in [3.63, 3.8) is 0 Å². The molecule has 0 aliphatic carbocycles. The average Bonchev–Trinajstić information content (AvgIpc) is 2.09. The van der Waals surface area contributed by atoms with Crippen LogP contribution in [0.15, 0.2) is 14.2 Å². The van der Waals surface area contributed by atoms with Crippen LogP contribution in [0.3, 0.4) is 0 Å². The van der Waals surface area contributed by atoms with Gasteiger partial charge in [0.05, 0.1) is 12.0 Å². The molecule has 0 aliphatic heterocycles. The highest BCUT2D eigenvalue weighted by Crippen LogP contribution is 2.24. The minimum Gasteiger partial charge on any atom is -0.369 e. The molecule has 14 heavy (non-hydrogen) atoms. The summed E-state index contributed by atoms with van der Waals surface area (Å²) >= 11 is 6.59. The van der Waals surface area contributed by atoms with E-state index in [4.69, 9.17) is 0 Å². The maximum Gasteiger partial charge on any atom is 0.187 e. The zero-order chi connectivity index (χ0) is 10.7. The summed E-state index contributed by atoms with van der Waals surface area (Å²) in [5, 5.41) is 0. The maximum atomic E-state index is 4.26. The molecule has 76 valence electrons. The van der Waals surface area contributed by atoms with Gasteiger partial charge in [-0.05, 0) is 38.8 Å². The first kappa shape index (κ1) is 11.6. The second-order valence-corrected chi connectivity index (χ2v) is 4.42. The van der Waals surface area contributed by atoms with Crippen molar-refractivity contribution < 1.29 is 0 Å². The molecule has 0 spiro atoms. The van der Waals surface area contributed by atoms with Crippen LogP contribution in [0, 0.1) is 6.92 Å². The van der Waals surface area contributed by atoms with Crippen LogP contribution < -0.4 is 0 Å². The third-order valence-corrected chi connectivity index (χ3v) is 2.65. The van der Waals surface area contributed by atoms with E-state index in [1.807, 2.05) is 25.9 Å². The van der Waals surface area contributed by atoms with Crippen molar-refractivity contribution in [2.24, 2.45) is 4.99 Å². The molecule has 0 amide bonds. The van der Waals surface area contributed by atoms with E-state index < -0.39 is 0 Å². The Morgan fingerprint density at radius 1 is 1.21 bits per heavy atom. The molecule has 0 N–H and O–H groups in total. The van der Waals surface area contributed by atoms with E-state index in [0.717, 1.165) is 10.3 Å². The van der Waals surface area contributed by atoms with Crippen molar-refractivity contribution in [2.75, 3.05) is 14.1 Å². The summed E-state index contributed by atoms with van der Waals surface area (Å²) in [5.41, 5.74) is 0.819. The Kier molecular flexibility index (Phi) is 4.00. The third kappa shape index (κ3) is 3.02. The van der Waals surface area contributed by atoms with Gasteiger partial charge in [-0.1, -0.05) is 0 Å². The van der Waals surface area contributed by atoms with Gasteiger partial charge in [0.2, 0.25) is 0 Å². The molecule has 0 atom stereocenters. The van der Waals surface area contributed by atoms with E-state index in [0.29, 0.717) is 10.4 Å². The number of aromatic nitrogens is 2. The number of hydrogen-bond acceptors (Lipinski definition) is 3. The minimum atomic E-state index is 0.583. The number of hydrogen-bond donors (Lipinski definition) is 0. The van der Waals surface area contributed by atoms with Gasteiger partial charge in [-0.2, -0.15) is 0 Å². The lowest BCUT2D eigenvalue weighted by atomic mass is 10.5. The van der Waals surface area contributed by atoms with Crippen LogP contribution in [-0.2, 0) is 0 Å². The molecule has 0 bridgehead atoms. The van der Waals surface area contributed by atoms with Crippen molar-refractivity contribution in [3.05, 3.63) is 14.9 Å². The van der Waals surface area contributed by atoms with Gasteiger partial charge in [0.25, 0.3) is 0 Å². The second-order valence-electron chi connectivity index (χ2n) is 2.92. The number of rotatable bonds is 2. The van der Waals surface area contributed by atoms with Gasteiger partial charge in [-0.25, -0.2) is 15.0 Å². The Hall–Kier alpha value is -0.490. The first-order valence-corrected chi connectivity index (χ1v) is 5.49. The first-order chi connectivity index (χ1) is 6.50. The molecule has 0 saturated heterocycles. The summed E-state index contributed by atoms with van der Waals surface area (Å²) in [6.45, 7) is 1.87. The van der Waals surface area contributed by atoms with E-state index in [9.17, 15) is 0 Å². The molecular formula is C8H10Br2N4. The topological polar surface area (TPSA) is 41.4 Å². The largest absolute Gasteiger partial charge is 0.369 e. The molecule has 0 aliphatic rings. The van der Waals surface area contributed by atoms with Crippen LogP contribution in [0.5, 0.6) is 0 Å². The number of halogens is 2. The molecule has 0 aromatic carbocycles. The van der Waals surface area contributed by atoms with Gasteiger partial charge in [0, 0.05) is 14.1 Å². The molecular weight excluding hydrogens is 312 g/mol. The van der Waals surface area contributed by atoms with E-state index in [2.05, 4.69) is 46.8 Å². The van der Waals surface area contributed by atoms with E-state index in [1.165, 1.54) is 0 Å². The van der Waals surface area contributed by atoms with Gasteiger partial charge >= 0.3 is 0 Å². The van der Waals surface area contributed by atoms with Crippen molar-refractivity contribution in [1.82, 2.24) is 14.9 Å². The van der Waals surface area contributed by atoms with Crippen LogP contribution >= 0.6 is 31.9 Å². The maximum absolute atomic E-state index is 4.26. The molecule has 0 saturated carbocycles. The monoisotopic (exact) mass is 320 g/mol. The lowest BCUT2D eigenvalue weighted by Gasteiger charge is -2.04. The molecule has 1 aromatic heterocycles. The van der Waals surface area contributed by atoms with Gasteiger partial charge < -0.3 is 4.90 Å². The van der Waals surface area contributed by atoms with Crippen molar-refractivity contribution in [1.29, 1.82) is 0 Å². The number of nitrogens with zero attached hydrogens (tertiary/aromatic N) is 4. The van der Waals surface area contributed by atoms with Crippen LogP contribution in [0.2, 0.25) is 0 Å². The standard InChI is InChI=1S/C8H10Br2N4/c1-5-6(9)13-7(10)8(12-5)11-4-14(2)3/h4H,1-3H3. The predicted octanol–water partition coefficient (Wildman–Crippen LogP) is 2.53. The normalized spacial score (nSPS) is 10.9. The van der Waals surface area contributed by atoms with Gasteiger partial charge in [-0.3, -0.25) is 0 Å². The summed E-state index contributed by atoms with van der Waals surface area (Å²) in [5.74, 6) is 0.583. The van der Waals surface area contributed by atoms with E-state index in [-0.39, 0.29) is 0 Å². The molecule has 0 fully saturated rings. The number of aryl methyl sites for hydroxylation is 1. The first-order valence-electron chi connectivity index (χ1n) is 3.91. The summed E-state index contributed by atoms with van der Waals surface area (Å²) in [7, 11) is 3.80. The fourth-order valence-electron chi connectivity index (χ4n) is 0.720. The predicted molar refractivity (Wildman–Crippen MR) is 64.0 cm³/mol. The highest BCUT2D eigenvalue weighted by atomic mass is 79.9. The lowest BCUT2D eigenvalue weighted by molar-refractivity contribution is 0.642. The van der Waals surface area contributed by atoms with Crippen molar-refractivity contribution in [3.8, 4) is 0 Å². The Morgan fingerprint density at radius 2 is 1.86 bits per heavy atom. The summed E-state index contributed by atoms with van der Waals surface area (Å²) in [6, 6.07) is 0. The lowest BCUT2D eigenvalue weighted by Crippen LogP contribution is -2.07. The fourth-order valence-corrected chi connectivity index (χ4v) is 1.59.